The van der Waals surface area contributed by atoms with Crippen molar-refractivity contribution >= 4 is 23.3 Å². The third kappa shape index (κ3) is 3.03. The Bertz CT molecular complexity index is 638. The maximum absolute atomic E-state index is 11.1. The molecule has 0 heterocycles. The number of nitrogens with two attached hydrogens (primary N) is 1. The number of carbonyl (C=O) groups is 1. The monoisotopic (exact) mass is 291 g/mol. The van der Waals surface area contributed by atoms with Crippen LogP contribution in [-0.2, 0) is 6.42 Å². The molecule has 2 rings (SSSR count). The van der Waals surface area contributed by atoms with E-state index in [1.165, 1.54) is 6.07 Å². The van der Waals surface area contributed by atoms with Gasteiger partial charge in [-0.2, -0.15) is 0 Å². The molecule has 0 aromatic heterocycles. The zero-order valence-corrected chi connectivity index (χ0v) is 11.6. The quantitative estimate of drug-likeness (QED) is 0.848. The van der Waals surface area contributed by atoms with Crippen LogP contribution < -0.4 is 10.5 Å². The van der Waals surface area contributed by atoms with E-state index in [1.807, 2.05) is 24.3 Å². The van der Waals surface area contributed by atoms with Crippen molar-refractivity contribution in [2.24, 2.45) is 0 Å². The number of carboxylic acid groups (broad SMARTS) is 1. The van der Waals surface area contributed by atoms with Crippen LogP contribution in [0.5, 0.6) is 5.75 Å². The van der Waals surface area contributed by atoms with Gasteiger partial charge in [0.1, 0.15) is 5.75 Å². The van der Waals surface area contributed by atoms with Crippen LogP contribution >= 0.6 is 11.6 Å². The largest absolute Gasteiger partial charge is 0.497 e. The molecule has 3 N–H and O–H groups in total. The Hall–Kier alpha value is -2.20. The maximum atomic E-state index is 11.1. The predicted octanol–water partition coefficient (Wildman–Crippen LogP) is 3.22. The van der Waals surface area contributed by atoms with Crippen molar-refractivity contribution in [2.75, 3.05) is 12.8 Å². The highest BCUT2D eigenvalue weighted by Crippen LogP contribution is 2.26. The number of carboxylic acids is 1. The molecule has 5 heteroatoms. The summed E-state index contributed by atoms with van der Waals surface area (Å²) in [5, 5.41) is 9.45. The van der Waals surface area contributed by atoms with Gasteiger partial charge in [0.05, 0.1) is 12.7 Å². The lowest BCUT2D eigenvalue weighted by molar-refractivity contribution is 0.0698. The highest BCUT2D eigenvalue weighted by molar-refractivity contribution is 6.31. The van der Waals surface area contributed by atoms with Crippen molar-refractivity contribution in [3.63, 3.8) is 0 Å². The topological polar surface area (TPSA) is 72.5 Å². The molecule has 0 spiro atoms. The molecule has 20 heavy (non-hydrogen) atoms. The van der Waals surface area contributed by atoms with E-state index >= 15 is 0 Å². The van der Waals surface area contributed by atoms with Gasteiger partial charge in [0.2, 0.25) is 0 Å². The van der Waals surface area contributed by atoms with Crippen molar-refractivity contribution in [3.05, 3.63) is 58.1 Å². The second-order valence-corrected chi connectivity index (χ2v) is 4.79. The fourth-order valence-electron chi connectivity index (χ4n) is 1.96. The van der Waals surface area contributed by atoms with E-state index in [0.717, 1.165) is 11.3 Å². The SMILES string of the molecule is COc1ccc(Cc2cc(Cl)cc(C(=O)O)c2N)cc1. The van der Waals surface area contributed by atoms with Crippen LogP contribution in [0.2, 0.25) is 5.02 Å². The molecule has 0 bridgehead atoms. The van der Waals surface area contributed by atoms with E-state index in [1.54, 1.807) is 13.2 Å². The van der Waals surface area contributed by atoms with Crippen molar-refractivity contribution in [1.29, 1.82) is 0 Å². The third-order valence-electron chi connectivity index (χ3n) is 3.01. The molecule has 4 nitrogen and oxygen atoms in total. The van der Waals surface area contributed by atoms with E-state index in [-0.39, 0.29) is 11.3 Å². The van der Waals surface area contributed by atoms with Gasteiger partial charge in [-0.15, -0.1) is 0 Å². The number of ether oxygens (including phenoxy) is 1. The van der Waals surface area contributed by atoms with Crippen LogP contribution in [0.4, 0.5) is 5.69 Å². The first-order valence-electron chi connectivity index (χ1n) is 5.95. The van der Waals surface area contributed by atoms with Crippen LogP contribution in [0, 0.1) is 0 Å². The van der Waals surface area contributed by atoms with Crippen molar-refractivity contribution in [2.45, 2.75) is 6.42 Å². The number of nitrogen functional groups attached to an aromatic ring is 1. The molecule has 0 saturated heterocycles. The number of anilines is 1. The van der Waals surface area contributed by atoms with E-state index < -0.39 is 5.97 Å². The lowest BCUT2D eigenvalue weighted by Gasteiger charge is -2.10. The number of halogens is 1. The molecule has 0 saturated carbocycles. The maximum Gasteiger partial charge on any atom is 0.337 e. The van der Waals surface area contributed by atoms with Gasteiger partial charge in [-0.1, -0.05) is 23.7 Å². The van der Waals surface area contributed by atoms with Crippen LogP contribution in [0.3, 0.4) is 0 Å². The van der Waals surface area contributed by atoms with Crippen molar-refractivity contribution in [3.8, 4) is 5.75 Å². The molecular formula is C15H14ClNO3. The summed E-state index contributed by atoms with van der Waals surface area (Å²) in [6.07, 6.45) is 0.511. The minimum Gasteiger partial charge on any atom is -0.497 e. The molecule has 0 aliphatic rings. The summed E-state index contributed by atoms with van der Waals surface area (Å²) in [5.41, 5.74) is 7.86. The molecule has 0 aliphatic carbocycles. The van der Waals surface area contributed by atoms with Gasteiger partial charge in [-0.3, -0.25) is 0 Å². The van der Waals surface area contributed by atoms with Crippen molar-refractivity contribution in [1.82, 2.24) is 0 Å². The predicted molar refractivity (Wildman–Crippen MR) is 78.6 cm³/mol. The second-order valence-electron chi connectivity index (χ2n) is 4.36. The molecule has 0 amide bonds. The van der Waals surface area contributed by atoms with Crippen LogP contribution in [0.25, 0.3) is 0 Å². The van der Waals surface area contributed by atoms with Crippen LogP contribution in [0.15, 0.2) is 36.4 Å². The summed E-state index contributed by atoms with van der Waals surface area (Å²) < 4.78 is 5.09. The zero-order chi connectivity index (χ0) is 14.7. The minimum atomic E-state index is -1.08. The Labute approximate surface area is 121 Å². The summed E-state index contributed by atoms with van der Waals surface area (Å²) in [6.45, 7) is 0. The Balaban J connectivity index is 2.35. The van der Waals surface area contributed by atoms with Gasteiger partial charge in [-0.25, -0.2) is 4.79 Å². The van der Waals surface area contributed by atoms with E-state index in [4.69, 9.17) is 27.2 Å². The molecule has 2 aromatic rings. The van der Waals surface area contributed by atoms with Gasteiger partial charge in [0, 0.05) is 10.7 Å². The Morgan fingerprint density at radius 2 is 1.95 bits per heavy atom. The van der Waals surface area contributed by atoms with E-state index in [9.17, 15) is 4.79 Å². The standard InChI is InChI=1S/C15H14ClNO3/c1-20-12-4-2-9(3-5-12)6-10-7-11(16)8-13(14(10)17)15(18)19/h2-5,7-8H,6,17H2,1H3,(H,18,19). The average Bonchev–Trinajstić information content (AvgIpc) is 2.43. The molecule has 2 aromatic carbocycles. The first-order chi connectivity index (χ1) is 9.51. The second kappa shape index (κ2) is 5.84. The minimum absolute atomic E-state index is 0.0287. The summed E-state index contributed by atoms with van der Waals surface area (Å²) >= 11 is 5.94. The molecule has 0 fully saturated rings. The van der Waals surface area contributed by atoms with Gasteiger partial charge in [0.15, 0.2) is 0 Å². The van der Waals surface area contributed by atoms with Gasteiger partial charge >= 0.3 is 5.97 Å². The third-order valence-corrected chi connectivity index (χ3v) is 3.23. The molecule has 0 aliphatic heterocycles. The Morgan fingerprint density at radius 1 is 1.30 bits per heavy atom. The molecule has 104 valence electrons. The number of rotatable bonds is 4. The zero-order valence-electron chi connectivity index (χ0n) is 10.9. The molecular weight excluding hydrogens is 278 g/mol. The summed E-state index contributed by atoms with van der Waals surface area (Å²) in [5.74, 6) is -0.319. The lowest BCUT2D eigenvalue weighted by atomic mass is 10.00. The van der Waals surface area contributed by atoms with Gasteiger partial charge < -0.3 is 15.6 Å². The van der Waals surface area contributed by atoms with Gasteiger partial charge in [-0.05, 0) is 41.8 Å². The van der Waals surface area contributed by atoms with Crippen molar-refractivity contribution < 1.29 is 14.6 Å². The van der Waals surface area contributed by atoms with E-state index in [0.29, 0.717) is 17.0 Å². The molecule has 0 atom stereocenters. The molecule has 0 unspecified atom stereocenters. The number of benzene rings is 2. The highest BCUT2D eigenvalue weighted by Gasteiger charge is 2.13. The lowest BCUT2D eigenvalue weighted by Crippen LogP contribution is -2.06. The molecule has 0 radical (unpaired) electrons. The number of hydrogen-bond donors (Lipinski definition) is 2. The Kier molecular flexibility index (Phi) is 4.15. The number of aromatic carboxylic acids is 1. The first-order valence-corrected chi connectivity index (χ1v) is 6.33. The summed E-state index contributed by atoms with van der Waals surface area (Å²) in [4.78, 5) is 11.1. The van der Waals surface area contributed by atoms with E-state index in [2.05, 4.69) is 0 Å². The summed E-state index contributed by atoms with van der Waals surface area (Å²) in [7, 11) is 1.60. The van der Waals surface area contributed by atoms with Gasteiger partial charge in [0.25, 0.3) is 0 Å². The highest BCUT2D eigenvalue weighted by atomic mass is 35.5. The fraction of sp³-hybridized carbons (Fsp3) is 0.133. The smallest absolute Gasteiger partial charge is 0.337 e. The average molecular weight is 292 g/mol. The van der Waals surface area contributed by atoms with Crippen LogP contribution in [-0.4, -0.2) is 18.2 Å². The van der Waals surface area contributed by atoms with Crippen LogP contribution in [0.1, 0.15) is 21.5 Å². The first kappa shape index (κ1) is 14.2. The number of hydrogen-bond acceptors (Lipinski definition) is 3. The summed E-state index contributed by atoms with van der Waals surface area (Å²) in [6, 6.07) is 10.5. The number of methoxy groups -OCH3 is 1. The Morgan fingerprint density at radius 3 is 2.50 bits per heavy atom. The fourth-order valence-corrected chi connectivity index (χ4v) is 2.20. The normalized spacial score (nSPS) is 10.3.